The number of nitrogens with two attached hydrogens (primary N) is 1. The van der Waals surface area contributed by atoms with Gasteiger partial charge in [-0.1, -0.05) is 0 Å². The molecular formula is C10H12N4OS2. The van der Waals surface area contributed by atoms with Gasteiger partial charge in [0.1, 0.15) is 0 Å². The maximum Gasteiger partial charge on any atom is 0.221 e. The van der Waals surface area contributed by atoms with Crippen molar-refractivity contribution in [2.45, 2.75) is 6.92 Å². The molecule has 0 bridgehead atoms. The highest BCUT2D eigenvalue weighted by atomic mass is 32.1. The van der Waals surface area contributed by atoms with E-state index in [4.69, 9.17) is 18.0 Å². The predicted molar refractivity (Wildman–Crippen MR) is 76.9 cm³/mol. The first-order valence-electron chi connectivity index (χ1n) is 4.72. The molecule has 5 N–H and O–H groups in total. The molecule has 0 aliphatic heterocycles. The van der Waals surface area contributed by atoms with Gasteiger partial charge in [-0.25, -0.2) is 0 Å². The van der Waals surface area contributed by atoms with Gasteiger partial charge in [-0.2, -0.15) is 0 Å². The highest BCUT2D eigenvalue weighted by molar-refractivity contribution is 7.82. The Labute approximate surface area is 110 Å². The zero-order chi connectivity index (χ0) is 12.8. The third-order valence-corrected chi connectivity index (χ3v) is 2.01. The van der Waals surface area contributed by atoms with Crippen LogP contribution in [0.2, 0.25) is 0 Å². The summed E-state index contributed by atoms with van der Waals surface area (Å²) in [7, 11) is 0. The fourth-order valence-electron chi connectivity index (χ4n) is 1.11. The van der Waals surface area contributed by atoms with Crippen molar-refractivity contribution < 1.29 is 4.79 Å². The molecule has 1 amide bonds. The molecule has 0 heterocycles. The largest absolute Gasteiger partial charge is 0.376 e. The van der Waals surface area contributed by atoms with Gasteiger partial charge in [-0.05, 0) is 48.7 Å². The number of hydrogen-bond acceptors (Lipinski definition) is 3. The lowest BCUT2D eigenvalue weighted by molar-refractivity contribution is -0.114. The van der Waals surface area contributed by atoms with Crippen LogP contribution in [-0.2, 0) is 4.79 Å². The molecule has 0 aliphatic rings. The summed E-state index contributed by atoms with van der Waals surface area (Å²) in [6.45, 7) is 1.45. The second-order valence-electron chi connectivity index (χ2n) is 3.20. The fraction of sp³-hybridized carbons (Fsp3) is 0.100. The van der Waals surface area contributed by atoms with Crippen molar-refractivity contribution in [3.63, 3.8) is 0 Å². The Morgan fingerprint density at radius 1 is 1.12 bits per heavy atom. The van der Waals surface area contributed by atoms with Crippen molar-refractivity contribution >= 4 is 51.9 Å². The zero-order valence-electron chi connectivity index (χ0n) is 9.11. The number of benzene rings is 1. The Kier molecular flexibility index (Phi) is 4.80. The molecule has 17 heavy (non-hydrogen) atoms. The number of carbonyl (C=O) groups excluding carboxylic acids is 1. The monoisotopic (exact) mass is 268 g/mol. The maximum atomic E-state index is 10.8. The van der Waals surface area contributed by atoms with Crippen LogP contribution in [0.25, 0.3) is 0 Å². The molecule has 0 radical (unpaired) electrons. The van der Waals surface area contributed by atoms with Crippen molar-refractivity contribution in [1.82, 2.24) is 5.32 Å². The van der Waals surface area contributed by atoms with E-state index >= 15 is 0 Å². The van der Waals surface area contributed by atoms with E-state index in [9.17, 15) is 4.79 Å². The van der Waals surface area contributed by atoms with Crippen molar-refractivity contribution in [3.8, 4) is 0 Å². The molecule has 7 heteroatoms. The van der Waals surface area contributed by atoms with Crippen LogP contribution in [0.1, 0.15) is 6.92 Å². The average Bonchev–Trinajstić information content (AvgIpc) is 2.18. The fourth-order valence-corrected chi connectivity index (χ4v) is 1.51. The van der Waals surface area contributed by atoms with Crippen molar-refractivity contribution in [1.29, 1.82) is 0 Å². The lowest BCUT2D eigenvalue weighted by atomic mass is 10.3. The van der Waals surface area contributed by atoms with Gasteiger partial charge in [-0.15, -0.1) is 0 Å². The van der Waals surface area contributed by atoms with Gasteiger partial charge in [-0.3, -0.25) is 4.79 Å². The molecule has 0 fully saturated rings. The van der Waals surface area contributed by atoms with E-state index in [0.29, 0.717) is 5.11 Å². The zero-order valence-corrected chi connectivity index (χ0v) is 10.7. The lowest BCUT2D eigenvalue weighted by Gasteiger charge is -2.09. The summed E-state index contributed by atoms with van der Waals surface area (Å²) in [5, 5.41) is 8.59. The van der Waals surface area contributed by atoms with Crippen LogP contribution >= 0.6 is 24.4 Å². The molecule has 0 aromatic heterocycles. The quantitative estimate of drug-likeness (QED) is 0.603. The molecule has 5 nitrogen and oxygen atoms in total. The highest BCUT2D eigenvalue weighted by Crippen LogP contribution is 2.13. The van der Waals surface area contributed by atoms with Gasteiger partial charge < -0.3 is 21.7 Å². The summed E-state index contributed by atoms with van der Waals surface area (Å²) >= 11 is 9.60. The van der Waals surface area contributed by atoms with Crippen LogP contribution in [0.3, 0.4) is 0 Å². The molecule has 0 saturated heterocycles. The van der Waals surface area contributed by atoms with E-state index < -0.39 is 0 Å². The van der Waals surface area contributed by atoms with Gasteiger partial charge >= 0.3 is 0 Å². The SMILES string of the molecule is CC(=O)Nc1ccc(NC(=S)NC(N)=S)cc1. The third-order valence-electron chi connectivity index (χ3n) is 1.70. The van der Waals surface area contributed by atoms with E-state index in [-0.39, 0.29) is 11.0 Å². The molecule has 0 aliphatic carbocycles. The summed E-state index contributed by atoms with van der Waals surface area (Å²) in [4.78, 5) is 10.8. The van der Waals surface area contributed by atoms with Gasteiger partial charge in [0.05, 0.1) is 0 Å². The first-order chi connectivity index (χ1) is 7.97. The Hall–Kier alpha value is -1.73. The van der Waals surface area contributed by atoms with Gasteiger partial charge in [0.2, 0.25) is 5.91 Å². The Morgan fingerprint density at radius 3 is 2.00 bits per heavy atom. The van der Waals surface area contributed by atoms with E-state index in [1.54, 1.807) is 24.3 Å². The molecular weight excluding hydrogens is 256 g/mol. The highest BCUT2D eigenvalue weighted by Gasteiger charge is 1.99. The summed E-state index contributed by atoms with van der Waals surface area (Å²) in [6, 6.07) is 7.07. The predicted octanol–water partition coefficient (Wildman–Crippen LogP) is 1.18. The standard InChI is InChI=1S/C10H12N4OS2/c1-6(15)12-7-2-4-8(5-3-7)13-10(17)14-9(11)16/h2-5H,1H3,(H,12,15)(H4,11,13,14,16,17). The van der Waals surface area contributed by atoms with Crippen LogP contribution in [0.15, 0.2) is 24.3 Å². The molecule has 0 spiro atoms. The van der Waals surface area contributed by atoms with Crippen LogP contribution in [-0.4, -0.2) is 16.1 Å². The maximum absolute atomic E-state index is 10.8. The van der Waals surface area contributed by atoms with E-state index in [0.717, 1.165) is 11.4 Å². The number of thiocarbonyl (C=S) groups is 2. The normalized spacial score (nSPS) is 9.24. The van der Waals surface area contributed by atoms with E-state index in [1.807, 2.05) is 0 Å². The van der Waals surface area contributed by atoms with E-state index in [1.165, 1.54) is 6.92 Å². The van der Waals surface area contributed by atoms with Crippen LogP contribution in [0, 0.1) is 0 Å². The first kappa shape index (κ1) is 13.3. The lowest BCUT2D eigenvalue weighted by Crippen LogP contribution is -2.37. The average molecular weight is 268 g/mol. The van der Waals surface area contributed by atoms with Crippen LogP contribution in [0.5, 0.6) is 0 Å². The Bertz CT molecular complexity index is 444. The summed E-state index contributed by atoms with van der Waals surface area (Å²) in [5.74, 6) is -0.114. The third kappa shape index (κ3) is 5.23. The van der Waals surface area contributed by atoms with Crippen LogP contribution < -0.4 is 21.7 Å². The van der Waals surface area contributed by atoms with Crippen molar-refractivity contribution in [2.24, 2.45) is 5.73 Å². The molecule has 0 unspecified atom stereocenters. The van der Waals surface area contributed by atoms with Gasteiger partial charge in [0, 0.05) is 18.3 Å². The Morgan fingerprint density at radius 2 is 1.59 bits per heavy atom. The second kappa shape index (κ2) is 6.12. The number of amides is 1. The first-order valence-corrected chi connectivity index (χ1v) is 5.54. The van der Waals surface area contributed by atoms with E-state index in [2.05, 4.69) is 28.2 Å². The number of rotatable bonds is 2. The minimum Gasteiger partial charge on any atom is -0.376 e. The van der Waals surface area contributed by atoms with Crippen molar-refractivity contribution in [2.75, 3.05) is 10.6 Å². The smallest absolute Gasteiger partial charge is 0.221 e. The molecule has 1 rings (SSSR count). The topological polar surface area (TPSA) is 79.2 Å². The summed E-state index contributed by atoms with van der Waals surface area (Å²) in [6.07, 6.45) is 0. The minimum atomic E-state index is -0.114. The molecule has 0 saturated carbocycles. The number of hydrogen-bond donors (Lipinski definition) is 4. The number of nitrogens with one attached hydrogen (secondary N) is 3. The number of anilines is 2. The minimum absolute atomic E-state index is 0.109. The van der Waals surface area contributed by atoms with Gasteiger partial charge in [0.15, 0.2) is 10.2 Å². The van der Waals surface area contributed by atoms with Crippen molar-refractivity contribution in [3.05, 3.63) is 24.3 Å². The number of carbonyl (C=O) groups is 1. The van der Waals surface area contributed by atoms with Crippen LogP contribution in [0.4, 0.5) is 11.4 Å². The molecule has 1 aromatic rings. The second-order valence-corrected chi connectivity index (χ2v) is 4.05. The molecule has 90 valence electrons. The Balaban J connectivity index is 2.59. The molecule has 1 aromatic carbocycles. The molecule has 0 atom stereocenters. The summed E-state index contributed by atoms with van der Waals surface area (Å²) in [5.41, 5.74) is 6.76. The van der Waals surface area contributed by atoms with Gasteiger partial charge in [0.25, 0.3) is 0 Å². The summed E-state index contributed by atoms with van der Waals surface area (Å²) < 4.78 is 0.